The van der Waals surface area contributed by atoms with Crippen molar-refractivity contribution in [1.82, 2.24) is 0 Å². The van der Waals surface area contributed by atoms with E-state index in [-0.39, 0.29) is 34.7 Å². The molecule has 0 saturated heterocycles. The molecule has 0 spiro atoms. The lowest BCUT2D eigenvalue weighted by atomic mass is 9.32. The second-order valence-corrected chi connectivity index (χ2v) is 14.5. The molecule has 0 aromatic carbocycles. The summed E-state index contributed by atoms with van der Waals surface area (Å²) in [5, 5.41) is 13.5. The predicted octanol–water partition coefficient (Wildman–Crippen LogP) is 7.50. The van der Waals surface area contributed by atoms with Crippen molar-refractivity contribution in [3.63, 3.8) is 0 Å². The first-order valence-corrected chi connectivity index (χ1v) is 14.1. The molecule has 5 rings (SSSR count). The van der Waals surface area contributed by atoms with E-state index in [4.69, 9.17) is 4.74 Å². The van der Waals surface area contributed by atoms with Gasteiger partial charge in [0.2, 0.25) is 0 Å². The number of nitrogens with zero attached hydrogens (tertiary/aromatic N) is 1. The van der Waals surface area contributed by atoms with Gasteiger partial charge in [-0.3, -0.25) is 0 Å². The first-order chi connectivity index (χ1) is 15.9. The second kappa shape index (κ2) is 7.88. The molecule has 4 heteroatoms. The lowest BCUT2D eigenvalue weighted by Crippen LogP contribution is -2.67. The van der Waals surface area contributed by atoms with Gasteiger partial charge in [-0.2, -0.15) is 4.91 Å². The molecule has 5 aliphatic rings. The molecule has 34 heavy (non-hydrogen) atoms. The number of hydrogen-bond acceptors (Lipinski definition) is 4. The number of ether oxygens (including phenoxy) is 1. The first-order valence-electron chi connectivity index (χ1n) is 14.1. The zero-order chi connectivity index (χ0) is 24.7. The number of fused-ring (bicyclic) bond motifs is 7. The standard InChI is InChI=1S/C30H49NO3/c1-19(2)20-10-15-30(34-18-32)17-16-28(6)21(25(20)30)8-9-23-27(5)13-12-24(31-33)26(3,4)22(27)11-14-29(23,28)7/h20-25,32H,1,8-18H2,2-7H3/t20?,21?,22?,23?,24?,25?,27-,28?,29+,30?/m0/s1. The highest BCUT2D eigenvalue weighted by atomic mass is 16.6. The topological polar surface area (TPSA) is 58.9 Å². The molecule has 0 bridgehead atoms. The molecule has 5 saturated carbocycles. The Morgan fingerprint density at radius 3 is 2.29 bits per heavy atom. The normalized spacial score (nSPS) is 53.7. The predicted molar refractivity (Wildman–Crippen MR) is 137 cm³/mol. The van der Waals surface area contributed by atoms with Crippen LogP contribution in [-0.2, 0) is 4.74 Å². The van der Waals surface area contributed by atoms with Crippen molar-refractivity contribution in [2.75, 3.05) is 6.79 Å². The minimum atomic E-state index is -0.164. The number of nitroso groups, excluding NO2 is 1. The summed E-state index contributed by atoms with van der Waals surface area (Å²) in [4.78, 5) is 11.7. The Balaban J connectivity index is 1.54. The minimum absolute atomic E-state index is 0.0129. The Morgan fingerprint density at radius 1 is 0.912 bits per heavy atom. The SMILES string of the molecule is C=C(C)C1CCC2(OCO)CCC3(C)C(CCC4[C@@]5(C)CCC(N=O)C(C)(C)C5CC[C@]43C)C12. The van der Waals surface area contributed by atoms with Crippen molar-refractivity contribution >= 4 is 0 Å². The van der Waals surface area contributed by atoms with Crippen LogP contribution in [0.2, 0.25) is 0 Å². The average Bonchev–Trinajstić information content (AvgIpc) is 3.14. The number of rotatable bonds is 4. The van der Waals surface area contributed by atoms with Gasteiger partial charge in [-0.15, -0.1) is 0 Å². The molecule has 0 heterocycles. The molecule has 0 radical (unpaired) electrons. The van der Waals surface area contributed by atoms with Gasteiger partial charge < -0.3 is 9.84 Å². The molecular formula is C30H49NO3. The van der Waals surface area contributed by atoms with Crippen molar-refractivity contribution in [2.24, 2.45) is 56.4 Å². The van der Waals surface area contributed by atoms with E-state index in [1.807, 2.05) is 0 Å². The van der Waals surface area contributed by atoms with E-state index in [2.05, 4.69) is 53.3 Å². The van der Waals surface area contributed by atoms with Crippen LogP contribution in [0.3, 0.4) is 0 Å². The second-order valence-electron chi connectivity index (χ2n) is 14.5. The summed E-state index contributed by atoms with van der Waals surface area (Å²) in [5.41, 5.74) is 1.99. The molecule has 8 unspecified atom stereocenters. The summed E-state index contributed by atoms with van der Waals surface area (Å²) in [5.74, 6) is 2.88. The number of aliphatic hydroxyl groups is 1. The molecule has 5 aliphatic carbocycles. The van der Waals surface area contributed by atoms with Crippen LogP contribution in [0.5, 0.6) is 0 Å². The van der Waals surface area contributed by atoms with E-state index < -0.39 is 0 Å². The van der Waals surface area contributed by atoms with Crippen LogP contribution in [0.4, 0.5) is 0 Å². The van der Waals surface area contributed by atoms with Gasteiger partial charge in [-0.1, -0.05) is 51.9 Å². The molecule has 5 fully saturated rings. The van der Waals surface area contributed by atoms with Gasteiger partial charge in [0.05, 0.1) is 11.6 Å². The molecule has 0 aromatic rings. The van der Waals surface area contributed by atoms with E-state index in [0.717, 1.165) is 32.1 Å². The van der Waals surface area contributed by atoms with Crippen LogP contribution in [-0.4, -0.2) is 23.5 Å². The van der Waals surface area contributed by atoms with Gasteiger partial charge in [-0.25, -0.2) is 0 Å². The van der Waals surface area contributed by atoms with Crippen molar-refractivity contribution in [1.29, 1.82) is 0 Å². The fourth-order valence-corrected chi connectivity index (χ4v) is 11.6. The molecule has 1 N–H and O–H groups in total. The van der Waals surface area contributed by atoms with Crippen LogP contribution < -0.4 is 0 Å². The zero-order valence-corrected chi connectivity index (χ0v) is 22.7. The van der Waals surface area contributed by atoms with Crippen molar-refractivity contribution < 1.29 is 9.84 Å². The smallest absolute Gasteiger partial charge is 0.144 e. The Labute approximate surface area is 207 Å². The maximum Gasteiger partial charge on any atom is 0.144 e. The third kappa shape index (κ3) is 2.96. The minimum Gasteiger partial charge on any atom is -0.371 e. The fraction of sp³-hybridized carbons (Fsp3) is 0.933. The van der Waals surface area contributed by atoms with Crippen LogP contribution in [0.15, 0.2) is 17.3 Å². The highest BCUT2D eigenvalue weighted by Gasteiger charge is 2.71. The van der Waals surface area contributed by atoms with Crippen molar-refractivity contribution in [3.05, 3.63) is 17.1 Å². The highest BCUT2D eigenvalue weighted by Crippen LogP contribution is 2.76. The van der Waals surface area contributed by atoms with Gasteiger partial charge in [0.15, 0.2) is 0 Å². The Kier molecular flexibility index (Phi) is 5.78. The van der Waals surface area contributed by atoms with Gasteiger partial charge >= 0.3 is 0 Å². The summed E-state index contributed by atoms with van der Waals surface area (Å²) in [6.07, 6.45) is 11.6. The van der Waals surface area contributed by atoms with Gasteiger partial charge in [-0.05, 0) is 122 Å². The van der Waals surface area contributed by atoms with E-state index in [9.17, 15) is 10.0 Å². The van der Waals surface area contributed by atoms with Crippen LogP contribution in [0, 0.1) is 56.2 Å². The molecule has 10 atom stereocenters. The summed E-state index contributed by atoms with van der Waals surface area (Å²) >= 11 is 0. The van der Waals surface area contributed by atoms with Gasteiger partial charge in [0.1, 0.15) is 6.79 Å². The van der Waals surface area contributed by atoms with Crippen molar-refractivity contribution in [2.45, 2.75) is 117 Å². The maximum atomic E-state index is 11.7. The Hall–Kier alpha value is -0.740. The van der Waals surface area contributed by atoms with E-state index in [0.29, 0.717) is 35.0 Å². The third-order valence-electron chi connectivity index (χ3n) is 13.4. The molecular weight excluding hydrogens is 422 g/mol. The molecule has 192 valence electrons. The summed E-state index contributed by atoms with van der Waals surface area (Å²) in [7, 11) is 0. The largest absolute Gasteiger partial charge is 0.371 e. The number of hydrogen-bond donors (Lipinski definition) is 1. The number of aliphatic hydroxyl groups excluding tert-OH is 1. The average molecular weight is 472 g/mol. The Bertz CT molecular complexity index is 854. The van der Waals surface area contributed by atoms with Crippen LogP contribution in [0.25, 0.3) is 0 Å². The van der Waals surface area contributed by atoms with Crippen LogP contribution in [0.1, 0.15) is 106 Å². The molecule has 0 amide bonds. The quantitative estimate of drug-likeness (QED) is 0.262. The molecule has 4 nitrogen and oxygen atoms in total. The summed E-state index contributed by atoms with van der Waals surface area (Å²) in [6, 6.07) is -0.0393. The Morgan fingerprint density at radius 2 is 1.65 bits per heavy atom. The van der Waals surface area contributed by atoms with Crippen LogP contribution >= 0.6 is 0 Å². The monoisotopic (exact) mass is 471 g/mol. The van der Waals surface area contributed by atoms with Gasteiger partial charge in [0, 0.05) is 0 Å². The van der Waals surface area contributed by atoms with Gasteiger partial charge in [0.25, 0.3) is 0 Å². The summed E-state index contributed by atoms with van der Waals surface area (Å²) < 4.78 is 6.27. The zero-order valence-electron chi connectivity index (χ0n) is 22.7. The van der Waals surface area contributed by atoms with E-state index in [1.54, 1.807) is 0 Å². The lowest BCUT2D eigenvalue weighted by Gasteiger charge is -2.72. The lowest BCUT2D eigenvalue weighted by molar-refractivity contribution is -0.260. The highest BCUT2D eigenvalue weighted by molar-refractivity contribution is 5.22. The summed E-state index contributed by atoms with van der Waals surface area (Å²) in [6.45, 7) is 19.0. The third-order valence-corrected chi connectivity index (χ3v) is 13.4. The van der Waals surface area contributed by atoms with E-state index >= 15 is 0 Å². The first kappa shape index (κ1) is 24.9. The molecule has 0 aromatic heterocycles. The van der Waals surface area contributed by atoms with Crippen molar-refractivity contribution in [3.8, 4) is 0 Å². The maximum absolute atomic E-state index is 11.7. The number of allylic oxidation sites excluding steroid dienone is 1. The van der Waals surface area contributed by atoms with E-state index in [1.165, 1.54) is 37.7 Å². The molecule has 0 aliphatic heterocycles. The fourth-order valence-electron chi connectivity index (χ4n) is 11.6.